The van der Waals surface area contributed by atoms with Crippen LogP contribution in [0.5, 0.6) is 0 Å². The van der Waals surface area contributed by atoms with Crippen molar-refractivity contribution < 1.29 is 24.2 Å². The van der Waals surface area contributed by atoms with E-state index in [0.29, 0.717) is 25.3 Å². The van der Waals surface area contributed by atoms with Crippen molar-refractivity contribution in [1.29, 1.82) is 0 Å². The zero-order chi connectivity index (χ0) is 26.9. The minimum absolute atomic E-state index is 0.0338. The van der Waals surface area contributed by atoms with Crippen LogP contribution in [0.15, 0.2) is 12.7 Å². The number of nitrogens with one attached hydrogen (secondary N) is 1. The Morgan fingerprint density at radius 3 is 2.57 bits per heavy atom. The minimum atomic E-state index is -0.723. The molecule has 0 aromatic heterocycles. The molecule has 5 fully saturated rings. The second-order valence-corrected chi connectivity index (χ2v) is 13.7. The Balaban J connectivity index is 1.49. The zero-order valence-corrected chi connectivity index (χ0v) is 23.3. The van der Waals surface area contributed by atoms with Crippen LogP contribution in [0.1, 0.15) is 73.1 Å². The Kier molecular flexibility index (Phi) is 6.67. The van der Waals surface area contributed by atoms with Crippen LogP contribution in [0.3, 0.4) is 0 Å². The highest BCUT2D eigenvalue weighted by atomic mass is 16.6. The topological polar surface area (TPSA) is 95.9 Å². The highest BCUT2D eigenvalue weighted by Crippen LogP contribution is 2.68. The van der Waals surface area contributed by atoms with Gasteiger partial charge in [-0.2, -0.15) is 0 Å². The number of rotatable bonds is 4. The van der Waals surface area contributed by atoms with E-state index in [2.05, 4.69) is 51.4 Å². The normalized spacial score (nSPS) is 49.5. The second-order valence-electron chi connectivity index (χ2n) is 13.7. The summed E-state index contributed by atoms with van der Waals surface area (Å²) in [6.07, 6.45) is 4.36. The third-order valence-corrected chi connectivity index (χ3v) is 12.4. The number of carbonyl (C=O) groups is 3. The lowest BCUT2D eigenvalue weighted by Crippen LogP contribution is -2.64. The van der Waals surface area contributed by atoms with Gasteiger partial charge in [-0.15, -0.1) is 6.58 Å². The Labute approximate surface area is 221 Å². The molecule has 4 unspecified atom stereocenters. The van der Waals surface area contributed by atoms with Gasteiger partial charge in [0, 0.05) is 36.3 Å². The van der Waals surface area contributed by atoms with Crippen LogP contribution in [0, 0.1) is 51.8 Å². The zero-order valence-electron chi connectivity index (χ0n) is 23.3. The van der Waals surface area contributed by atoms with Gasteiger partial charge in [-0.1, -0.05) is 40.7 Å². The fraction of sp³-hybridized carbons (Fsp3) is 0.833. The number of alkyl carbamates (subject to hydrolysis) is 1. The molecule has 2 heterocycles. The van der Waals surface area contributed by atoms with Crippen molar-refractivity contribution in [2.75, 3.05) is 19.6 Å². The summed E-state index contributed by atoms with van der Waals surface area (Å²) in [5, 5.41) is 14.5. The quantitative estimate of drug-likeness (QED) is 0.546. The molecule has 12 atom stereocenters. The molecule has 3 aliphatic carbocycles. The molecule has 0 radical (unpaired) electrons. The molecule has 7 nitrogen and oxygen atoms in total. The lowest BCUT2D eigenvalue weighted by Gasteiger charge is -2.62. The molecular formula is C30H46N2O5. The lowest BCUT2D eigenvalue weighted by molar-refractivity contribution is -0.203. The Morgan fingerprint density at radius 1 is 1.22 bits per heavy atom. The number of aliphatic hydroxyl groups is 1. The fourth-order valence-electron chi connectivity index (χ4n) is 9.45. The molecule has 2 saturated heterocycles. The number of piperidine rings is 1. The average Bonchev–Trinajstić information content (AvgIpc) is 3.59. The molecule has 2 amide bonds. The molecular weight excluding hydrogens is 468 g/mol. The van der Waals surface area contributed by atoms with Crippen LogP contribution in [0.25, 0.3) is 0 Å². The van der Waals surface area contributed by atoms with E-state index in [4.69, 9.17) is 4.74 Å². The Hall–Kier alpha value is -1.73. The molecule has 2 aliphatic heterocycles. The van der Waals surface area contributed by atoms with Crippen molar-refractivity contribution in [3.05, 3.63) is 12.7 Å². The molecule has 5 rings (SSSR count). The number of ketones is 1. The number of carbonyl (C=O) groups excluding carboxylic acids is 3. The third kappa shape index (κ3) is 3.85. The number of hydrogen-bond donors (Lipinski definition) is 2. The van der Waals surface area contributed by atoms with E-state index in [1.165, 1.54) is 0 Å². The largest absolute Gasteiger partial charge is 0.445 e. The summed E-state index contributed by atoms with van der Waals surface area (Å²) in [5.41, 5.74) is -1.50. The van der Waals surface area contributed by atoms with Crippen molar-refractivity contribution in [2.24, 2.45) is 51.8 Å². The molecule has 5 aliphatic rings. The van der Waals surface area contributed by atoms with Crippen LogP contribution in [0.4, 0.5) is 4.79 Å². The van der Waals surface area contributed by atoms with Crippen molar-refractivity contribution >= 4 is 17.8 Å². The smallest absolute Gasteiger partial charge is 0.414 e. The van der Waals surface area contributed by atoms with E-state index < -0.39 is 29.1 Å². The summed E-state index contributed by atoms with van der Waals surface area (Å²) in [7, 11) is 0. The van der Waals surface area contributed by atoms with Gasteiger partial charge >= 0.3 is 6.09 Å². The predicted octanol–water partition coefficient (Wildman–Crippen LogP) is 4.19. The van der Waals surface area contributed by atoms with E-state index >= 15 is 0 Å². The highest BCUT2D eigenvalue weighted by Gasteiger charge is 2.68. The van der Waals surface area contributed by atoms with Crippen LogP contribution in [-0.4, -0.2) is 59.6 Å². The van der Waals surface area contributed by atoms with Gasteiger partial charge in [-0.25, -0.2) is 4.79 Å². The van der Waals surface area contributed by atoms with E-state index in [1.807, 2.05) is 6.08 Å². The maximum absolute atomic E-state index is 13.6. The number of Topliss-reactive ketones (excluding diaryl/α,β-unsaturated/α-hetero) is 1. The first-order chi connectivity index (χ1) is 17.4. The summed E-state index contributed by atoms with van der Waals surface area (Å²) in [6.45, 7) is 17.2. The predicted molar refractivity (Wildman–Crippen MR) is 140 cm³/mol. The van der Waals surface area contributed by atoms with Crippen molar-refractivity contribution in [3.63, 3.8) is 0 Å². The standard InChI is InChI=1S/C30H46N2O5/c1-7-17(2)28(5)14-23(37-27(36)31-26(35)21-16-32-13-10-20(21)15-32)29(6)18(3)8-11-30(19(4)25(28)34)12-9-22(33)24(29)30/h7,17-21,23-25,34H,1,8-16H2,2-6H3,(H,31,35,36)/t17?,18-,19+,20-,21+,23-,24?,25+,28+,29+,30?/m1/s1. The average molecular weight is 515 g/mol. The van der Waals surface area contributed by atoms with Gasteiger partial charge in [0.05, 0.1) is 12.0 Å². The van der Waals surface area contributed by atoms with Crippen molar-refractivity contribution in [1.82, 2.24) is 10.2 Å². The number of ether oxygens (including phenoxy) is 1. The SMILES string of the molecule is C=CC(C)[C@]1(C)C[C@@H](OC(=O)NC(=O)[C@H]2CN3CC[C@@H]2C3)[C@@]2(C)C3C(=O)CCC3(CC[C@H]2C)[C@@H](C)[C@@H]1O. The van der Waals surface area contributed by atoms with Crippen molar-refractivity contribution in [3.8, 4) is 0 Å². The summed E-state index contributed by atoms with van der Waals surface area (Å²) < 4.78 is 6.24. The number of nitrogens with zero attached hydrogens (tertiary/aromatic N) is 1. The number of imide groups is 1. The molecule has 206 valence electrons. The summed E-state index contributed by atoms with van der Waals surface area (Å²) >= 11 is 0. The monoisotopic (exact) mass is 514 g/mol. The van der Waals surface area contributed by atoms with Crippen molar-refractivity contribution in [2.45, 2.75) is 85.4 Å². The first-order valence-electron chi connectivity index (χ1n) is 14.5. The highest BCUT2D eigenvalue weighted by molar-refractivity contribution is 5.93. The van der Waals surface area contributed by atoms with Crippen LogP contribution < -0.4 is 5.32 Å². The first kappa shape index (κ1) is 26.9. The van der Waals surface area contributed by atoms with Crippen LogP contribution in [-0.2, 0) is 14.3 Å². The molecule has 0 aromatic rings. The van der Waals surface area contributed by atoms with Crippen LogP contribution >= 0.6 is 0 Å². The first-order valence-corrected chi connectivity index (χ1v) is 14.5. The fourth-order valence-corrected chi connectivity index (χ4v) is 9.45. The third-order valence-electron chi connectivity index (χ3n) is 12.4. The number of fused-ring (bicyclic) bond motifs is 2. The maximum Gasteiger partial charge on any atom is 0.414 e. The Bertz CT molecular complexity index is 983. The summed E-state index contributed by atoms with van der Waals surface area (Å²) in [4.78, 5) is 42.2. The minimum Gasteiger partial charge on any atom is -0.445 e. The summed E-state index contributed by atoms with van der Waals surface area (Å²) in [6, 6.07) is 0. The summed E-state index contributed by atoms with van der Waals surface area (Å²) in [5.74, 6) is -0.118. The number of hydrogen-bond acceptors (Lipinski definition) is 6. The van der Waals surface area contributed by atoms with Gasteiger partial charge in [0.2, 0.25) is 5.91 Å². The molecule has 2 N–H and O–H groups in total. The maximum atomic E-state index is 13.6. The Morgan fingerprint density at radius 2 is 1.95 bits per heavy atom. The number of allylic oxidation sites excluding steroid dienone is 1. The second kappa shape index (κ2) is 9.18. The molecule has 7 heteroatoms. The molecule has 37 heavy (non-hydrogen) atoms. The van der Waals surface area contributed by atoms with Crippen LogP contribution in [0.2, 0.25) is 0 Å². The molecule has 0 spiro atoms. The van der Waals surface area contributed by atoms with E-state index in [-0.39, 0.29) is 46.7 Å². The molecule has 0 aromatic carbocycles. The van der Waals surface area contributed by atoms with Gasteiger partial charge in [0.25, 0.3) is 0 Å². The van der Waals surface area contributed by atoms with Gasteiger partial charge in [0.15, 0.2) is 0 Å². The van der Waals surface area contributed by atoms with E-state index in [1.54, 1.807) is 0 Å². The van der Waals surface area contributed by atoms with Gasteiger partial charge in [0.1, 0.15) is 11.9 Å². The lowest BCUT2D eigenvalue weighted by atomic mass is 9.43. The molecule has 4 bridgehead atoms. The van der Waals surface area contributed by atoms with E-state index in [9.17, 15) is 19.5 Å². The number of aliphatic hydroxyl groups excluding tert-OH is 1. The number of amides is 2. The van der Waals surface area contributed by atoms with Gasteiger partial charge in [-0.05, 0) is 67.7 Å². The molecule has 3 saturated carbocycles. The van der Waals surface area contributed by atoms with Gasteiger partial charge in [-0.3, -0.25) is 14.9 Å². The van der Waals surface area contributed by atoms with Gasteiger partial charge < -0.3 is 14.7 Å². The van der Waals surface area contributed by atoms with E-state index in [0.717, 1.165) is 38.8 Å².